The lowest BCUT2D eigenvalue weighted by Gasteiger charge is -2.41. The van der Waals surface area contributed by atoms with E-state index >= 15 is 0 Å². The van der Waals surface area contributed by atoms with Crippen molar-refractivity contribution >= 4 is 60.3 Å². The molecule has 69 heavy (non-hydrogen) atoms. The van der Waals surface area contributed by atoms with Crippen LogP contribution in [0.1, 0.15) is 83.4 Å². The van der Waals surface area contributed by atoms with Gasteiger partial charge in [0, 0.05) is 73.9 Å². The van der Waals surface area contributed by atoms with E-state index in [4.69, 9.17) is 16.3 Å². The summed E-state index contributed by atoms with van der Waals surface area (Å²) < 4.78 is 116. The number of allylic oxidation sites excluding steroid dienone is 1. The topological polar surface area (TPSA) is 137 Å². The number of benzene rings is 3. The van der Waals surface area contributed by atoms with E-state index in [0.717, 1.165) is 81.9 Å². The van der Waals surface area contributed by atoms with Crippen molar-refractivity contribution in [2.75, 3.05) is 61.6 Å². The van der Waals surface area contributed by atoms with Crippen LogP contribution in [0.5, 0.6) is 0 Å². The van der Waals surface area contributed by atoms with E-state index in [9.17, 15) is 31.4 Å². The molecule has 0 radical (unpaired) electrons. The fraction of sp³-hybridized carbons (Fsp3) is 0.520. The molecule has 2 bridgehead atoms. The van der Waals surface area contributed by atoms with Crippen LogP contribution in [0.3, 0.4) is 0 Å². The van der Waals surface area contributed by atoms with Crippen LogP contribution >= 0.6 is 23.4 Å². The van der Waals surface area contributed by atoms with Gasteiger partial charge in [0.1, 0.15) is 17.0 Å². The van der Waals surface area contributed by atoms with Gasteiger partial charge < -0.3 is 10.1 Å². The highest BCUT2D eigenvalue weighted by Gasteiger charge is 2.49. The van der Waals surface area contributed by atoms with Crippen LogP contribution in [0.4, 0.5) is 24.7 Å². The predicted octanol–water partition coefficient (Wildman–Crippen LogP) is 9.54. The van der Waals surface area contributed by atoms with E-state index in [1.165, 1.54) is 34.8 Å². The molecule has 2 N–H and O–H groups in total. The third-order valence-electron chi connectivity index (χ3n) is 14.2. The molecule has 5 aliphatic rings. The molecule has 0 amide bonds. The number of thioether (sulfide) groups is 1. The van der Waals surface area contributed by atoms with Crippen molar-refractivity contribution in [1.29, 1.82) is 0 Å². The van der Waals surface area contributed by atoms with Crippen LogP contribution in [0.15, 0.2) is 99.4 Å². The van der Waals surface area contributed by atoms with Crippen molar-refractivity contribution in [2.24, 2.45) is 5.41 Å². The van der Waals surface area contributed by atoms with E-state index < -0.39 is 47.2 Å². The smallest absolute Gasteiger partial charge is 0.380 e. The zero-order valence-corrected chi connectivity index (χ0v) is 42.2. The normalized spacial score (nSPS) is 23.0. The highest BCUT2D eigenvalue weighted by atomic mass is 35.5. The summed E-state index contributed by atoms with van der Waals surface area (Å²) in [6.07, 6.45) is 8.59. The molecule has 5 heterocycles. The fourth-order valence-electron chi connectivity index (χ4n) is 10.4. The summed E-state index contributed by atoms with van der Waals surface area (Å²) in [6.45, 7) is 9.76. The Labute approximate surface area is 415 Å². The maximum absolute atomic E-state index is 14.4. The monoisotopic (exact) mass is 1030 g/mol. The number of nitrogens with zero attached hydrogens (tertiary/aromatic N) is 5. The second-order valence-electron chi connectivity index (χ2n) is 19.8. The Morgan fingerprint density at radius 2 is 1.65 bits per heavy atom. The third kappa shape index (κ3) is 12.0. The van der Waals surface area contributed by atoms with Crippen molar-refractivity contribution in [3.8, 4) is 0 Å². The molecule has 9 rings (SSSR count). The molecule has 4 aromatic rings. The number of alkyl halides is 3. The summed E-state index contributed by atoms with van der Waals surface area (Å²) >= 11 is 7.72. The molecule has 0 saturated carbocycles. The summed E-state index contributed by atoms with van der Waals surface area (Å²) in [5.41, 5.74) is -0.772. The number of fused-ring (bicyclic) bond motifs is 3. The van der Waals surface area contributed by atoms with Gasteiger partial charge >= 0.3 is 5.51 Å². The molecule has 4 aliphatic heterocycles. The van der Waals surface area contributed by atoms with Crippen molar-refractivity contribution < 1.29 is 36.1 Å². The van der Waals surface area contributed by atoms with Gasteiger partial charge in [-0.1, -0.05) is 61.4 Å². The van der Waals surface area contributed by atoms with Crippen molar-refractivity contribution in [3.05, 3.63) is 107 Å². The number of sulfonamides is 1. The molecule has 372 valence electrons. The molecular formula is C50H61ClF3N7O5S3. The number of likely N-dealkylation sites (tertiary alicyclic amines) is 2. The number of hydrogen-bond donors (Lipinski definition) is 2. The van der Waals surface area contributed by atoms with Crippen molar-refractivity contribution in [3.63, 3.8) is 0 Å². The van der Waals surface area contributed by atoms with Gasteiger partial charge in [0.2, 0.25) is 0 Å². The van der Waals surface area contributed by atoms with Gasteiger partial charge in [0.15, 0.2) is 0 Å². The predicted molar refractivity (Wildman–Crippen MR) is 266 cm³/mol. The number of rotatable bonds is 16. The summed E-state index contributed by atoms with van der Waals surface area (Å²) in [5, 5.41) is 3.80. The average Bonchev–Trinajstić information content (AvgIpc) is 3.67. The SMILES string of the molecule is [2H]C1(N2CCc3c(ncnc3NS(=O)(=O)c3ccc(N[C@H](CCN4CC5CCC(C4)O5)CSc4ccccc4)c(S(=O)(=O)C(F)(F)F)c3)C2)CCN(CC2=C(c3ccc(Cl)cc3)CC(C)(C)CC2)CC1. The Kier molecular flexibility index (Phi) is 14.7. The number of halogens is 4. The average molecular weight is 1030 g/mol. The first-order valence-electron chi connectivity index (χ1n) is 24.3. The van der Waals surface area contributed by atoms with Gasteiger partial charge in [-0.3, -0.25) is 19.4 Å². The first-order valence-corrected chi connectivity index (χ1v) is 28.1. The molecule has 19 heteroatoms. The lowest BCUT2D eigenvalue weighted by atomic mass is 9.72. The largest absolute Gasteiger partial charge is 0.501 e. The summed E-state index contributed by atoms with van der Waals surface area (Å²) in [7, 11) is -10.7. The molecule has 12 nitrogen and oxygen atoms in total. The van der Waals surface area contributed by atoms with Crippen LogP contribution in [-0.2, 0) is 37.6 Å². The number of piperidine rings is 1. The maximum Gasteiger partial charge on any atom is 0.501 e. The molecule has 0 spiro atoms. The molecular weight excluding hydrogens is 967 g/mol. The van der Waals surface area contributed by atoms with Crippen LogP contribution in [0, 0.1) is 5.41 Å². The summed E-state index contributed by atoms with van der Waals surface area (Å²) in [6, 6.07) is 19.0. The Hall–Kier alpha value is -3.75. The van der Waals surface area contributed by atoms with Crippen molar-refractivity contribution in [1.82, 2.24) is 24.7 Å². The van der Waals surface area contributed by atoms with E-state index in [1.807, 2.05) is 42.5 Å². The molecule has 3 aromatic carbocycles. The minimum Gasteiger partial charge on any atom is -0.380 e. The van der Waals surface area contributed by atoms with Crippen molar-refractivity contribution in [2.45, 2.75) is 123 Å². The lowest BCUT2D eigenvalue weighted by molar-refractivity contribution is -0.0436. The number of aromatic nitrogens is 2. The van der Waals surface area contributed by atoms with Crippen LogP contribution < -0.4 is 10.0 Å². The second kappa shape index (κ2) is 20.8. The Morgan fingerprint density at radius 3 is 2.36 bits per heavy atom. The Balaban J connectivity index is 0.891. The maximum atomic E-state index is 14.4. The lowest BCUT2D eigenvalue weighted by Crippen LogP contribution is -2.47. The first kappa shape index (κ1) is 48.9. The second-order valence-corrected chi connectivity index (χ2v) is 24.9. The fourth-order valence-corrected chi connectivity index (χ4v) is 13.6. The van der Waals surface area contributed by atoms with Gasteiger partial charge in [-0.2, -0.15) is 13.2 Å². The number of hydrogen-bond acceptors (Lipinski definition) is 12. The Bertz CT molecular complexity index is 2770. The standard InChI is InChI=1S/C50H61ClF3N7O5S3/c1-49(2)21-16-35(44(27-49)34-8-10-36(51)11-9-34)28-59-23-18-38(19-24-59)61-25-20-43-46(31-61)55-33-56-48(43)58-69(64,65)42-14-15-45(47(26-42)68(62,63)50(52,53)54)57-37(32-67-41-6-4-3-5-7-41)17-22-60-29-39-12-13-40(30-60)66-39/h3-11,14-15,26,33,37-40,57H,12-13,16-25,27-32H2,1-2H3,(H,55,56,58)/t37-,39?,40?/m1/s1/i38D. The molecule has 3 fully saturated rings. The molecule has 3 saturated heterocycles. The minimum absolute atomic E-state index is 0.0455. The molecule has 1 aliphatic carbocycles. The first-order chi connectivity index (χ1) is 33.2. The molecule has 3 atom stereocenters. The number of nitrogens with one attached hydrogen (secondary N) is 2. The summed E-state index contributed by atoms with van der Waals surface area (Å²) in [5.74, 6) is 0.351. The van der Waals surface area contributed by atoms with Gasteiger partial charge in [-0.05, 0) is 130 Å². The van der Waals surface area contributed by atoms with Gasteiger partial charge in [0.25, 0.3) is 19.9 Å². The highest BCUT2D eigenvalue weighted by Crippen LogP contribution is 2.44. The van der Waals surface area contributed by atoms with Gasteiger partial charge in [-0.25, -0.2) is 26.8 Å². The molecule has 2 unspecified atom stereocenters. The minimum atomic E-state index is -6.03. The van der Waals surface area contributed by atoms with Gasteiger partial charge in [0.05, 0.1) is 28.5 Å². The van der Waals surface area contributed by atoms with Crippen LogP contribution in [0.25, 0.3) is 5.57 Å². The van der Waals surface area contributed by atoms with Gasteiger partial charge in [-0.15, -0.1) is 11.8 Å². The number of anilines is 2. The third-order valence-corrected chi connectivity index (χ3v) is 18.5. The highest BCUT2D eigenvalue weighted by molar-refractivity contribution is 7.99. The quantitative estimate of drug-likeness (QED) is 0.104. The van der Waals surface area contributed by atoms with Crippen LogP contribution in [-0.4, -0.2) is 123 Å². The summed E-state index contributed by atoms with van der Waals surface area (Å²) in [4.78, 5) is 14.6. The number of ether oxygens (including phenoxy) is 1. The van der Waals surface area contributed by atoms with E-state index in [0.29, 0.717) is 66.9 Å². The zero-order valence-electron chi connectivity index (χ0n) is 40.0. The van der Waals surface area contributed by atoms with E-state index in [2.05, 4.69) is 60.7 Å². The van der Waals surface area contributed by atoms with E-state index in [-0.39, 0.29) is 35.7 Å². The zero-order chi connectivity index (χ0) is 49.5. The number of sulfone groups is 1. The number of morpholine rings is 1. The van der Waals surface area contributed by atoms with E-state index in [1.54, 1.807) is 0 Å². The Morgan fingerprint density at radius 1 is 0.928 bits per heavy atom. The molecule has 1 aromatic heterocycles. The van der Waals surface area contributed by atoms with Crippen LogP contribution in [0.2, 0.25) is 5.02 Å².